The number of Topliss-reactive ketones (excluding diaryl/α,β-unsaturated/α-hetero) is 2. The van der Waals surface area contributed by atoms with Gasteiger partial charge in [-0.15, -0.1) is 0 Å². The van der Waals surface area contributed by atoms with Crippen LogP contribution in [-0.4, -0.2) is 51.7 Å². The van der Waals surface area contributed by atoms with Gasteiger partial charge in [-0.25, -0.2) is 0 Å². The van der Waals surface area contributed by atoms with Crippen molar-refractivity contribution in [1.82, 2.24) is 0 Å². The molecule has 0 saturated heterocycles. The van der Waals surface area contributed by atoms with E-state index in [1.54, 1.807) is 14.0 Å². The lowest BCUT2D eigenvalue weighted by atomic mass is 10.1. The molecule has 0 amide bonds. The Morgan fingerprint density at radius 1 is 0.789 bits per heavy atom. The number of carbonyl (C=O) groups is 2. The maximum atomic E-state index is 11.4. The minimum Gasteiger partial charge on any atom is -0.382 e. The van der Waals surface area contributed by atoms with Crippen molar-refractivity contribution in [3.05, 3.63) is 0 Å². The number of ketones is 2. The Balaban J connectivity index is 3.16. The summed E-state index contributed by atoms with van der Waals surface area (Å²) in [6, 6.07) is 0. The number of ether oxygens (including phenoxy) is 3. The molecule has 0 aromatic rings. The molecule has 19 heavy (non-hydrogen) atoms. The second-order valence-electron chi connectivity index (χ2n) is 4.42. The molecule has 5 nitrogen and oxygen atoms in total. The molecule has 0 radical (unpaired) electrons. The number of hydrogen-bond donors (Lipinski definition) is 0. The third-order valence-electron chi connectivity index (χ3n) is 2.53. The fraction of sp³-hybridized carbons (Fsp3) is 0.857. The van der Waals surface area contributed by atoms with Crippen LogP contribution in [0.15, 0.2) is 0 Å². The fourth-order valence-corrected chi connectivity index (χ4v) is 1.50. The monoisotopic (exact) mass is 274 g/mol. The van der Waals surface area contributed by atoms with Crippen molar-refractivity contribution < 1.29 is 23.8 Å². The van der Waals surface area contributed by atoms with Crippen LogP contribution in [0.1, 0.15) is 39.0 Å². The van der Waals surface area contributed by atoms with Crippen LogP contribution in [0, 0.1) is 0 Å². The van der Waals surface area contributed by atoms with Crippen LogP contribution in [0.2, 0.25) is 0 Å². The van der Waals surface area contributed by atoms with Crippen molar-refractivity contribution in [2.24, 2.45) is 0 Å². The van der Waals surface area contributed by atoms with Gasteiger partial charge in [0, 0.05) is 33.0 Å². The summed E-state index contributed by atoms with van der Waals surface area (Å²) in [6.45, 7) is 4.39. The average Bonchev–Trinajstić information content (AvgIpc) is 2.36. The number of hydrogen-bond acceptors (Lipinski definition) is 5. The summed E-state index contributed by atoms with van der Waals surface area (Å²) < 4.78 is 15.4. The third-order valence-corrected chi connectivity index (χ3v) is 2.53. The summed E-state index contributed by atoms with van der Waals surface area (Å²) in [5.41, 5.74) is 0. The zero-order valence-corrected chi connectivity index (χ0v) is 12.1. The molecule has 0 unspecified atom stereocenters. The second-order valence-corrected chi connectivity index (χ2v) is 4.42. The van der Waals surface area contributed by atoms with Crippen molar-refractivity contribution in [1.29, 1.82) is 0 Å². The summed E-state index contributed by atoms with van der Waals surface area (Å²) in [4.78, 5) is 22.1. The highest BCUT2D eigenvalue weighted by Crippen LogP contribution is 2.02. The highest BCUT2D eigenvalue weighted by atomic mass is 16.5. The summed E-state index contributed by atoms with van der Waals surface area (Å²) in [6.07, 6.45) is 2.93. The molecule has 0 fully saturated rings. The van der Waals surface area contributed by atoms with Gasteiger partial charge in [0.25, 0.3) is 0 Å². The normalized spacial score (nSPS) is 10.6. The molecular weight excluding hydrogens is 248 g/mol. The van der Waals surface area contributed by atoms with Crippen LogP contribution in [0.25, 0.3) is 0 Å². The van der Waals surface area contributed by atoms with Crippen molar-refractivity contribution in [3.8, 4) is 0 Å². The molecule has 0 saturated carbocycles. The van der Waals surface area contributed by atoms with E-state index in [-0.39, 0.29) is 11.6 Å². The van der Waals surface area contributed by atoms with Crippen LogP contribution in [-0.2, 0) is 23.8 Å². The Kier molecular flexibility index (Phi) is 13.1. The van der Waals surface area contributed by atoms with E-state index < -0.39 is 0 Å². The maximum Gasteiger partial charge on any atom is 0.133 e. The topological polar surface area (TPSA) is 61.8 Å². The van der Waals surface area contributed by atoms with Gasteiger partial charge in [-0.2, -0.15) is 0 Å². The standard InChI is InChI=1S/C14H26O5/c1-13(15)5-3-6-14(16)7-4-8-18-11-12-19-10-9-17-2/h3-12H2,1-2H3. The van der Waals surface area contributed by atoms with Crippen LogP contribution in [0.5, 0.6) is 0 Å². The maximum absolute atomic E-state index is 11.4. The average molecular weight is 274 g/mol. The highest BCUT2D eigenvalue weighted by Gasteiger charge is 2.03. The molecule has 0 aromatic carbocycles. The summed E-state index contributed by atoms with van der Waals surface area (Å²) in [7, 11) is 1.63. The van der Waals surface area contributed by atoms with Crippen molar-refractivity contribution >= 4 is 11.6 Å². The number of rotatable bonds is 14. The van der Waals surface area contributed by atoms with E-state index in [9.17, 15) is 9.59 Å². The smallest absolute Gasteiger partial charge is 0.133 e. The molecular formula is C14H26O5. The second kappa shape index (κ2) is 13.6. The van der Waals surface area contributed by atoms with Crippen molar-refractivity contribution in [2.45, 2.75) is 39.0 Å². The van der Waals surface area contributed by atoms with Crippen molar-refractivity contribution in [2.75, 3.05) is 40.1 Å². The van der Waals surface area contributed by atoms with Gasteiger partial charge in [0.2, 0.25) is 0 Å². The van der Waals surface area contributed by atoms with E-state index in [1.165, 1.54) is 0 Å². The predicted octanol–water partition coefficient (Wildman–Crippen LogP) is 1.77. The molecule has 0 aliphatic heterocycles. The summed E-state index contributed by atoms with van der Waals surface area (Å²) in [5, 5.41) is 0. The molecule has 5 heteroatoms. The molecule has 0 bridgehead atoms. The molecule has 0 atom stereocenters. The molecule has 0 aliphatic rings. The van der Waals surface area contributed by atoms with E-state index in [2.05, 4.69) is 0 Å². The Hall–Kier alpha value is -0.780. The predicted molar refractivity (Wildman–Crippen MR) is 72.3 cm³/mol. The molecule has 0 rings (SSSR count). The van der Waals surface area contributed by atoms with E-state index in [0.717, 1.165) is 6.42 Å². The molecule has 0 spiro atoms. The summed E-state index contributed by atoms with van der Waals surface area (Å²) >= 11 is 0. The summed E-state index contributed by atoms with van der Waals surface area (Å²) in [5.74, 6) is 0.353. The Morgan fingerprint density at radius 3 is 2.00 bits per heavy atom. The molecule has 112 valence electrons. The third kappa shape index (κ3) is 15.2. The van der Waals surface area contributed by atoms with Gasteiger partial charge in [0.15, 0.2) is 0 Å². The van der Waals surface area contributed by atoms with E-state index in [0.29, 0.717) is 58.7 Å². The minimum atomic E-state index is 0.143. The van der Waals surface area contributed by atoms with Gasteiger partial charge >= 0.3 is 0 Å². The Bertz CT molecular complexity index is 240. The van der Waals surface area contributed by atoms with Gasteiger partial charge in [-0.05, 0) is 19.8 Å². The highest BCUT2D eigenvalue weighted by molar-refractivity contribution is 5.80. The lowest BCUT2D eigenvalue weighted by molar-refractivity contribution is -0.120. The molecule has 0 N–H and O–H groups in total. The lowest BCUT2D eigenvalue weighted by Crippen LogP contribution is -2.09. The Morgan fingerprint density at radius 2 is 1.37 bits per heavy atom. The number of methoxy groups -OCH3 is 1. The number of carbonyl (C=O) groups excluding carboxylic acids is 2. The largest absolute Gasteiger partial charge is 0.382 e. The first kappa shape index (κ1) is 18.2. The van der Waals surface area contributed by atoms with E-state index in [1.807, 2.05) is 0 Å². The molecule has 0 aliphatic carbocycles. The van der Waals surface area contributed by atoms with Gasteiger partial charge in [0.1, 0.15) is 11.6 Å². The lowest BCUT2D eigenvalue weighted by Gasteiger charge is -2.05. The van der Waals surface area contributed by atoms with Crippen LogP contribution in [0.3, 0.4) is 0 Å². The van der Waals surface area contributed by atoms with Crippen LogP contribution >= 0.6 is 0 Å². The van der Waals surface area contributed by atoms with E-state index >= 15 is 0 Å². The van der Waals surface area contributed by atoms with Gasteiger partial charge in [0.05, 0.1) is 26.4 Å². The first-order chi connectivity index (χ1) is 9.16. The van der Waals surface area contributed by atoms with E-state index in [4.69, 9.17) is 14.2 Å². The molecule has 0 heterocycles. The minimum absolute atomic E-state index is 0.143. The van der Waals surface area contributed by atoms with Gasteiger partial charge < -0.3 is 19.0 Å². The van der Waals surface area contributed by atoms with Crippen LogP contribution in [0.4, 0.5) is 0 Å². The van der Waals surface area contributed by atoms with Gasteiger partial charge in [-0.1, -0.05) is 0 Å². The first-order valence-corrected chi connectivity index (χ1v) is 6.82. The zero-order chi connectivity index (χ0) is 14.3. The molecule has 0 aromatic heterocycles. The quantitative estimate of drug-likeness (QED) is 0.452. The Labute approximate surface area is 115 Å². The van der Waals surface area contributed by atoms with Crippen molar-refractivity contribution in [3.63, 3.8) is 0 Å². The van der Waals surface area contributed by atoms with Gasteiger partial charge in [-0.3, -0.25) is 4.79 Å². The zero-order valence-electron chi connectivity index (χ0n) is 12.1. The first-order valence-electron chi connectivity index (χ1n) is 6.82. The fourth-order valence-electron chi connectivity index (χ4n) is 1.50. The van der Waals surface area contributed by atoms with Crippen LogP contribution < -0.4 is 0 Å². The SMILES string of the molecule is COCCOCCOCCCC(=O)CCCC(C)=O.